The molecule has 0 aliphatic rings. The van der Waals surface area contributed by atoms with Gasteiger partial charge in [0.25, 0.3) is 30.4 Å². The lowest BCUT2D eigenvalue weighted by Crippen LogP contribution is -1.96. The molecule has 4 aromatic rings. The lowest BCUT2D eigenvalue weighted by molar-refractivity contribution is 0.481. The first-order valence-corrected chi connectivity index (χ1v) is 16.0. The fourth-order valence-corrected chi connectivity index (χ4v) is 4.77. The van der Waals surface area contributed by atoms with Crippen molar-refractivity contribution in [2.45, 2.75) is 14.7 Å². The Morgan fingerprint density at radius 3 is 0.977 bits per heavy atom. The molecule has 17 nitrogen and oxygen atoms in total. The predicted molar refractivity (Wildman–Crippen MR) is 157 cm³/mol. The van der Waals surface area contributed by atoms with Crippen LogP contribution in [0.1, 0.15) is 0 Å². The minimum atomic E-state index is -4.43. The molecule has 0 radical (unpaired) electrons. The number of rotatable bonds is 9. The topological polar surface area (TPSA) is 289 Å². The minimum Gasteiger partial charge on any atom is -0.395 e. The Hall–Kier alpha value is -4.99. The quantitative estimate of drug-likeness (QED) is 0.0807. The van der Waals surface area contributed by atoms with E-state index in [0.717, 1.165) is 36.4 Å². The molecule has 0 amide bonds. The van der Waals surface area contributed by atoms with E-state index in [2.05, 4.69) is 30.7 Å². The standard InChI is InChI=1S/C24H20N8O9S3/c25-22-20(30-27-14-1-7-17(8-2-14)42(33,34)35)13-21(31-28-15-3-9-18(10-4-15)43(36,37)38)23(26)24(22)32-29-16-5-11-19(12-6-16)44(39,40)41/h1-13H,25-26H2,(H,33,34,35)(H,36,37,38)(H,39,40,41). The van der Waals surface area contributed by atoms with Gasteiger partial charge in [-0.3, -0.25) is 13.7 Å². The number of hydrogen-bond acceptors (Lipinski definition) is 14. The molecule has 7 N–H and O–H groups in total. The van der Waals surface area contributed by atoms with Crippen LogP contribution in [0.5, 0.6) is 0 Å². The van der Waals surface area contributed by atoms with Gasteiger partial charge in [-0.2, -0.15) is 40.6 Å². The van der Waals surface area contributed by atoms with Gasteiger partial charge in [-0.1, -0.05) is 0 Å². The molecule has 228 valence electrons. The van der Waals surface area contributed by atoms with Crippen molar-refractivity contribution in [1.82, 2.24) is 0 Å². The maximum Gasteiger partial charge on any atom is 0.294 e. The lowest BCUT2D eigenvalue weighted by Gasteiger charge is -2.09. The number of nitrogens with zero attached hydrogens (tertiary/aromatic N) is 6. The van der Waals surface area contributed by atoms with Gasteiger partial charge in [-0.15, -0.1) is 15.3 Å². The first-order valence-electron chi connectivity index (χ1n) is 11.7. The summed E-state index contributed by atoms with van der Waals surface area (Å²) in [7, 11) is -13.3. The highest BCUT2D eigenvalue weighted by Gasteiger charge is 2.16. The number of benzene rings is 4. The summed E-state index contributed by atoms with van der Waals surface area (Å²) in [4.78, 5) is -1.08. The fraction of sp³-hybridized carbons (Fsp3) is 0. The molecule has 0 bridgehead atoms. The maximum atomic E-state index is 11.3. The number of nitrogen functional groups attached to an aromatic ring is 2. The van der Waals surface area contributed by atoms with Crippen LogP contribution in [0.4, 0.5) is 45.5 Å². The van der Waals surface area contributed by atoms with Crippen LogP contribution in [0, 0.1) is 0 Å². The van der Waals surface area contributed by atoms with Gasteiger partial charge in [0.15, 0.2) is 0 Å². The Morgan fingerprint density at radius 1 is 0.432 bits per heavy atom. The second kappa shape index (κ2) is 12.3. The van der Waals surface area contributed by atoms with Gasteiger partial charge < -0.3 is 11.5 Å². The molecule has 0 spiro atoms. The first kappa shape index (κ1) is 31.9. The van der Waals surface area contributed by atoms with E-state index in [1.165, 1.54) is 42.5 Å². The van der Waals surface area contributed by atoms with Crippen molar-refractivity contribution >= 4 is 75.9 Å². The summed E-state index contributed by atoms with van der Waals surface area (Å²) in [5.74, 6) is 0. The summed E-state index contributed by atoms with van der Waals surface area (Å²) in [6, 6.07) is 15.5. The highest BCUT2D eigenvalue weighted by Crippen LogP contribution is 2.45. The van der Waals surface area contributed by atoms with Crippen LogP contribution >= 0.6 is 0 Å². The van der Waals surface area contributed by atoms with E-state index in [-0.39, 0.29) is 60.2 Å². The summed E-state index contributed by atoms with van der Waals surface area (Å²) < 4.78 is 95.2. The minimum absolute atomic E-state index is 0.0237. The van der Waals surface area contributed by atoms with Crippen LogP contribution in [-0.2, 0) is 30.4 Å². The van der Waals surface area contributed by atoms with E-state index >= 15 is 0 Å². The predicted octanol–water partition coefficient (Wildman–Crippen LogP) is 5.84. The molecule has 4 aromatic carbocycles. The third kappa shape index (κ3) is 7.89. The van der Waals surface area contributed by atoms with Gasteiger partial charge in [0.1, 0.15) is 17.1 Å². The van der Waals surface area contributed by atoms with Crippen LogP contribution in [0.25, 0.3) is 0 Å². The average Bonchev–Trinajstić information content (AvgIpc) is 2.95. The van der Waals surface area contributed by atoms with E-state index in [4.69, 9.17) is 25.1 Å². The lowest BCUT2D eigenvalue weighted by atomic mass is 10.2. The number of nitrogens with two attached hydrogens (primary N) is 2. The van der Waals surface area contributed by atoms with Crippen molar-refractivity contribution in [3.05, 3.63) is 78.9 Å². The second-order valence-electron chi connectivity index (χ2n) is 8.60. The van der Waals surface area contributed by atoms with Gasteiger partial charge >= 0.3 is 0 Å². The molecule has 44 heavy (non-hydrogen) atoms. The van der Waals surface area contributed by atoms with Gasteiger partial charge in [-0.25, -0.2) is 0 Å². The summed E-state index contributed by atoms with van der Waals surface area (Å²) in [5.41, 5.74) is 12.6. The second-order valence-corrected chi connectivity index (χ2v) is 12.9. The van der Waals surface area contributed by atoms with E-state index < -0.39 is 30.4 Å². The third-order valence-corrected chi connectivity index (χ3v) is 8.15. The molecule has 0 fully saturated rings. The monoisotopic (exact) mass is 660 g/mol. The van der Waals surface area contributed by atoms with Gasteiger partial charge in [0, 0.05) is 0 Å². The Labute approximate surface area is 250 Å². The summed E-state index contributed by atoms with van der Waals surface area (Å²) in [6.45, 7) is 0. The number of azo groups is 3. The van der Waals surface area contributed by atoms with Gasteiger partial charge in [-0.05, 0) is 78.9 Å². The largest absolute Gasteiger partial charge is 0.395 e. The number of anilines is 2. The van der Waals surface area contributed by atoms with Crippen LogP contribution in [0.15, 0.2) is 124 Å². The summed E-state index contributed by atoms with van der Waals surface area (Å²) in [6.07, 6.45) is 0. The SMILES string of the molecule is Nc1c(N=Nc2ccc(S(=O)(=O)O)cc2)cc(N=Nc2ccc(S(=O)(=O)O)cc2)c(N)c1N=Nc1ccc(S(=O)(=O)O)cc1. The van der Waals surface area contributed by atoms with E-state index in [1.54, 1.807) is 0 Å². The zero-order valence-corrected chi connectivity index (χ0v) is 24.3. The van der Waals surface area contributed by atoms with E-state index in [0.29, 0.717) is 0 Å². The molecular weight excluding hydrogens is 641 g/mol. The zero-order valence-electron chi connectivity index (χ0n) is 21.9. The van der Waals surface area contributed by atoms with Crippen molar-refractivity contribution in [2.75, 3.05) is 11.5 Å². The highest BCUT2D eigenvalue weighted by atomic mass is 32.2. The van der Waals surface area contributed by atoms with Crippen molar-refractivity contribution in [1.29, 1.82) is 0 Å². The molecule has 0 saturated heterocycles. The zero-order chi connectivity index (χ0) is 32.3. The molecule has 0 aromatic heterocycles. The summed E-state index contributed by atoms with van der Waals surface area (Å²) in [5, 5.41) is 24.1. The van der Waals surface area contributed by atoms with Crippen molar-refractivity contribution in [3.63, 3.8) is 0 Å². The van der Waals surface area contributed by atoms with Gasteiger partial charge in [0.05, 0.1) is 43.1 Å². The molecule has 20 heteroatoms. The molecular formula is C24H20N8O9S3. The molecule has 0 unspecified atom stereocenters. The normalized spacial score (nSPS) is 12.9. The van der Waals surface area contributed by atoms with Crippen LogP contribution < -0.4 is 11.5 Å². The molecule has 4 rings (SSSR count). The molecule has 0 saturated carbocycles. The Bertz CT molecular complexity index is 2020. The molecule has 0 atom stereocenters. The molecule has 0 aliphatic heterocycles. The van der Waals surface area contributed by atoms with E-state index in [1.807, 2.05) is 0 Å². The maximum absolute atomic E-state index is 11.3. The van der Waals surface area contributed by atoms with E-state index in [9.17, 15) is 25.3 Å². The Kier molecular flexibility index (Phi) is 8.94. The van der Waals surface area contributed by atoms with Gasteiger partial charge in [0.2, 0.25) is 0 Å². The third-order valence-electron chi connectivity index (χ3n) is 5.55. The van der Waals surface area contributed by atoms with Crippen LogP contribution in [0.3, 0.4) is 0 Å². The van der Waals surface area contributed by atoms with Crippen LogP contribution in [0.2, 0.25) is 0 Å². The van der Waals surface area contributed by atoms with Crippen molar-refractivity contribution in [3.8, 4) is 0 Å². The first-order chi connectivity index (χ1) is 20.5. The van der Waals surface area contributed by atoms with Crippen LogP contribution in [-0.4, -0.2) is 38.9 Å². The van der Waals surface area contributed by atoms with Crippen molar-refractivity contribution in [2.24, 2.45) is 30.7 Å². The highest BCUT2D eigenvalue weighted by molar-refractivity contribution is 7.86. The van der Waals surface area contributed by atoms with Crippen molar-refractivity contribution < 1.29 is 38.9 Å². The molecule has 0 aliphatic carbocycles. The fourth-order valence-electron chi connectivity index (χ4n) is 3.33. The average molecular weight is 661 g/mol. The number of hydrogen-bond donors (Lipinski definition) is 5. The Morgan fingerprint density at radius 2 is 0.705 bits per heavy atom. The molecule has 0 heterocycles. The smallest absolute Gasteiger partial charge is 0.294 e. The Balaban J connectivity index is 1.75. The summed E-state index contributed by atoms with van der Waals surface area (Å²) >= 11 is 0.